The summed E-state index contributed by atoms with van der Waals surface area (Å²) in [5, 5.41) is 2.87. The van der Waals surface area contributed by atoms with Crippen molar-refractivity contribution < 1.29 is 4.79 Å². The molecular formula is C11H18N2O. The molecule has 1 saturated heterocycles. The van der Waals surface area contributed by atoms with Gasteiger partial charge in [-0.1, -0.05) is 0 Å². The molecule has 1 N–H and O–H groups in total. The maximum absolute atomic E-state index is 11.6. The van der Waals surface area contributed by atoms with Crippen LogP contribution in [0.1, 0.15) is 26.7 Å². The zero-order valence-electron chi connectivity index (χ0n) is 8.97. The molecule has 1 amide bonds. The number of piperazine rings is 1. The van der Waals surface area contributed by atoms with Crippen LogP contribution >= 0.6 is 0 Å². The summed E-state index contributed by atoms with van der Waals surface area (Å²) in [6.45, 7) is 6.49. The zero-order chi connectivity index (χ0) is 10.6. The molecule has 1 heterocycles. The summed E-state index contributed by atoms with van der Waals surface area (Å²) in [4.78, 5) is 13.8. The average Bonchev–Trinajstić information content (AvgIpc) is 2.13. The van der Waals surface area contributed by atoms with Gasteiger partial charge in [-0.05, 0) is 20.3 Å². The van der Waals surface area contributed by atoms with Crippen LogP contribution in [0.15, 0.2) is 0 Å². The number of hydrogen-bond acceptors (Lipinski definition) is 2. The standard InChI is InChI=1S/C11H18N2O/c1-4-5-6-8-13-9-7-12-10(14)11(13,2)3/h1H,5-9H2,2-3H3,(H,12,14). The van der Waals surface area contributed by atoms with Crippen LogP contribution in [0.5, 0.6) is 0 Å². The number of nitrogens with zero attached hydrogens (tertiary/aromatic N) is 1. The Morgan fingerprint density at radius 2 is 2.36 bits per heavy atom. The Bertz CT molecular complexity index is 253. The van der Waals surface area contributed by atoms with Crippen LogP contribution in [0.4, 0.5) is 0 Å². The van der Waals surface area contributed by atoms with E-state index in [9.17, 15) is 4.79 Å². The van der Waals surface area contributed by atoms with Crippen LogP contribution in [0.3, 0.4) is 0 Å². The lowest BCUT2D eigenvalue weighted by molar-refractivity contribution is -0.135. The molecule has 1 fully saturated rings. The van der Waals surface area contributed by atoms with Crippen molar-refractivity contribution in [3.8, 4) is 12.3 Å². The largest absolute Gasteiger partial charge is 0.353 e. The third-order valence-electron chi connectivity index (χ3n) is 2.76. The quantitative estimate of drug-likeness (QED) is 0.527. The predicted molar refractivity (Wildman–Crippen MR) is 56.7 cm³/mol. The lowest BCUT2D eigenvalue weighted by Gasteiger charge is -2.41. The number of unbranched alkanes of at least 4 members (excludes halogenated alkanes) is 1. The van der Waals surface area contributed by atoms with Gasteiger partial charge >= 0.3 is 0 Å². The molecule has 0 bridgehead atoms. The molecule has 0 saturated carbocycles. The Morgan fingerprint density at radius 3 is 3.00 bits per heavy atom. The maximum atomic E-state index is 11.6. The van der Waals surface area contributed by atoms with Crippen molar-refractivity contribution in [2.75, 3.05) is 19.6 Å². The molecule has 0 unspecified atom stereocenters. The SMILES string of the molecule is C#CCCCN1CCNC(=O)C1(C)C. The Balaban J connectivity index is 2.50. The van der Waals surface area contributed by atoms with Crippen LogP contribution in [-0.4, -0.2) is 36.0 Å². The molecule has 78 valence electrons. The van der Waals surface area contributed by atoms with Gasteiger partial charge in [-0.2, -0.15) is 0 Å². The molecule has 0 aliphatic carbocycles. The molecule has 1 rings (SSSR count). The van der Waals surface area contributed by atoms with Crippen molar-refractivity contribution in [3.63, 3.8) is 0 Å². The first kappa shape index (κ1) is 11.1. The van der Waals surface area contributed by atoms with Gasteiger partial charge in [0.05, 0.1) is 5.54 Å². The molecule has 1 aliphatic rings. The van der Waals surface area contributed by atoms with Crippen molar-refractivity contribution in [2.45, 2.75) is 32.2 Å². The monoisotopic (exact) mass is 194 g/mol. The number of carbonyl (C=O) groups is 1. The Hall–Kier alpha value is -1.01. The number of rotatable bonds is 3. The van der Waals surface area contributed by atoms with E-state index in [1.165, 1.54) is 0 Å². The van der Waals surface area contributed by atoms with Crippen LogP contribution in [0.25, 0.3) is 0 Å². The average molecular weight is 194 g/mol. The second kappa shape index (κ2) is 4.47. The maximum Gasteiger partial charge on any atom is 0.239 e. The molecule has 0 aromatic heterocycles. The highest BCUT2D eigenvalue weighted by Gasteiger charge is 2.36. The fourth-order valence-corrected chi connectivity index (χ4v) is 1.71. The molecule has 0 atom stereocenters. The van der Waals surface area contributed by atoms with Gasteiger partial charge in [0.2, 0.25) is 5.91 Å². The van der Waals surface area contributed by atoms with E-state index in [0.717, 1.165) is 32.5 Å². The predicted octanol–water partition coefficient (Wildman–Crippen LogP) is 0.610. The van der Waals surface area contributed by atoms with Gasteiger partial charge in [0.25, 0.3) is 0 Å². The minimum Gasteiger partial charge on any atom is -0.353 e. The number of terminal acetylenes is 1. The van der Waals surface area contributed by atoms with Crippen LogP contribution in [-0.2, 0) is 4.79 Å². The molecule has 0 spiro atoms. The minimum atomic E-state index is -0.382. The van der Waals surface area contributed by atoms with E-state index in [1.54, 1.807) is 0 Å². The number of carbonyl (C=O) groups excluding carboxylic acids is 1. The highest BCUT2D eigenvalue weighted by molar-refractivity contribution is 5.86. The van der Waals surface area contributed by atoms with Gasteiger partial charge in [0.15, 0.2) is 0 Å². The normalized spacial score (nSPS) is 21.4. The highest BCUT2D eigenvalue weighted by Crippen LogP contribution is 2.17. The second-order valence-corrected chi connectivity index (χ2v) is 4.11. The van der Waals surface area contributed by atoms with Gasteiger partial charge in [-0.3, -0.25) is 9.69 Å². The van der Waals surface area contributed by atoms with E-state index in [4.69, 9.17) is 6.42 Å². The second-order valence-electron chi connectivity index (χ2n) is 4.11. The Morgan fingerprint density at radius 1 is 1.64 bits per heavy atom. The van der Waals surface area contributed by atoms with Crippen molar-refractivity contribution in [1.29, 1.82) is 0 Å². The fourth-order valence-electron chi connectivity index (χ4n) is 1.71. The molecular weight excluding hydrogens is 176 g/mol. The fraction of sp³-hybridized carbons (Fsp3) is 0.727. The zero-order valence-corrected chi connectivity index (χ0v) is 8.97. The van der Waals surface area contributed by atoms with Crippen LogP contribution in [0.2, 0.25) is 0 Å². The Kier molecular flexibility index (Phi) is 3.54. The van der Waals surface area contributed by atoms with Crippen LogP contribution in [0, 0.1) is 12.3 Å². The van der Waals surface area contributed by atoms with Crippen molar-refractivity contribution in [1.82, 2.24) is 10.2 Å². The van der Waals surface area contributed by atoms with E-state index in [1.807, 2.05) is 13.8 Å². The third kappa shape index (κ3) is 2.27. The van der Waals surface area contributed by atoms with Gasteiger partial charge in [0, 0.05) is 26.1 Å². The highest BCUT2D eigenvalue weighted by atomic mass is 16.2. The lowest BCUT2D eigenvalue weighted by atomic mass is 9.98. The van der Waals surface area contributed by atoms with Gasteiger partial charge < -0.3 is 5.32 Å². The molecule has 0 aromatic rings. The van der Waals surface area contributed by atoms with Gasteiger partial charge in [-0.15, -0.1) is 12.3 Å². The van der Waals surface area contributed by atoms with E-state index < -0.39 is 0 Å². The molecule has 1 aliphatic heterocycles. The first-order valence-corrected chi connectivity index (χ1v) is 5.06. The van der Waals surface area contributed by atoms with E-state index in [0.29, 0.717) is 0 Å². The van der Waals surface area contributed by atoms with E-state index in [-0.39, 0.29) is 11.4 Å². The summed E-state index contributed by atoms with van der Waals surface area (Å²) < 4.78 is 0. The summed E-state index contributed by atoms with van der Waals surface area (Å²) in [5.41, 5.74) is -0.382. The summed E-state index contributed by atoms with van der Waals surface area (Å²) in [5.74, 6) is 2.73. The molecule has 3 nitrogen and oxygen atoms in total. The smallest absolute Gasteiger partial charge is 0.239 e. The van der Waals surface area contributed by atoms with Gasteiger partial charge in [0.1, 0.15) is 0 Å². The molecule has 3 heteroatoms. The van der Waals surface area contributed by atoms with Crippen molar-refractivity contribution >= 4 is 5.91 Å². The number of amides is 1. The topological polar surface area (TPSA) is 32.3 Å². The van der Waals surface area contributed by atoms with Crippen molar-refractivity contribution in [3.05, 3.63) is 0 Å². The summed E-state index contributed by atoms with van der Waals surface area (Å²) >= 11 is 0. The summed E-state index contributed by atoms with van der Waals surface area (Å²) in [6.07, 6.45) is 6.94. The third-order valence-corrected chi connectivity index (χ3v) is 2.76. The van der Waals surface area contributed by atoms with E-state index in [2.05, 4.69) is 16.1 Å². The first-order chi connectivity index (χ1) is 6.59. The van der Waals surface area contributed by atoms with Crippen molar-refractivity contribution in [2.24, 2.45) is 0 Å². The molecule has 0 radical (unpaired) electrons. The Labute approximate surface area is 85.9 Å². The van der Waals surface area contributed by atoms with Gasteiger partial charge in [-0.25, -0.2) is 0 Å². The number of nitrogens with one attached hydrogen (secondary N) is 1. The summed E-state index contributed by atoms with van der Waals surface area (Å²) in [7, 11) is 0. The first-order valence-electron chi connectivity index (χ1n) is 5.06. The minimum absolute atomic E-state index is 0.115. The summed E-state index contributed by atoms with van der Waals surface area (Å²) in [6, 6.07) is 0. The van der Waals surface area contributed by atoms with Crippen LogP contribution < -0.4 is 5.32 Å². The molecule has 0 aromatic carbocycles. The molecule has 14 heavy (non-hydrogen) atoms. The number of hydrogen-bond donors (Lipinski definition) is 1. The lowest BCUT2D eigenvalue weighted by Crippen LogP contribution is -2.61. The van der Waals surface area contributed by atoms with E-state index >= 15 is 0 Å².